The maximum absolute atomic E-state index is 12.9. The first kappa shape index (κ1) is 48.9. The average Bonchev–Trinajstić information content (AvgIpc) is 3.98. The van der Waals surface area contributed by atoms with Gasteiger partial charge in [0.15, 0.2) is 11.6 Å². The van der Waals surface area contributed by atoms with Crippen molar-refractivity contribution in [3.8, 4) is 11.4 Å². The molecule has 0 fully saturated rings. The monoisotopic (exact) mass is 881 g/mol. The second kappa shape index (κ2) is 22.3. The number of ketones is 2. The Kier molecular flexibility index (Phi) is 17.9. The number of nitrogens with one attached hydrogen (secondary N) is 1. The van der Waals surface area contributed by atoms with Crippen LogP contribution < -0.4 is 18.9 Å². The van der Waals surface area contributed by atoms with Crippen LogP contribution in [0, 0.1) is 17.5 Å². The largest absolute Gasteiger partial charge is 1.00 e. The van der Waals surface area contributed by atoms with Crippen molar-refractivity contribution in [1.29, 1.82) is 0 Å². The molecule has 13 heteroatoms. The van der Waals surface area contributed by atoms with E-state index in [1.54, 1.807) is 68.4 Å². The minimum atomic E-state index is -0.948. The molecule has 9 aromatic rings. The Balaban J connectivity index is 0.000000223. The third-order valence-corrected chi connectivity index (χ3v) is 9.54. The summed E-state index contributed by atoms with van der Waals surface area (Å²) in [6, 6.07) is 40.6. The summed E-state index contributed by atoms with van der Waals surface area (Å²) in [4.78, 5) is 36.3. The van der Waals surface area contributed by atoms with E-state index in [2.05, 4.69) is 20.9 Å². The van der Waals surface area contributed by atoms with E-state index < -0.39 is 5.97 Å². The molecule has 0 saturated heterocycles. The summed E-state index contributed by atoms with van der Waals surface area (Å²) in [5.41, 5.74) is 6.40. The van der Waals surface area contributed by atoms with E-state index in [0.29, 0.717) is 5.56 Å². The zero-order chi connectivity index (χ0) is 41.3. The molecule has 0 aliphatic heterocycles. The molecule has 3 N–H and O–H groups in total. The van der Waals surface area contributed by atoms with Gasteiger partial charge in [-0.3, -0.25) is 9.59 Å². The molecule has 61 heavy (non-hydrogen) atoms. The number of hydrogen-bond donors (Lipinski definition) is 2. The van der Waals surface area contributed by atoms with Crippen molar-refractivity contribution in [3.63, 3.8) is 0 Å². The van der Waals surface area contributed by atoms with E-state index in [1.165, 1.54) is 36.4 Å². The van der Waals surface area contributed by atoms with Gasteiger partial charge >= 0.3 is 24.8 Å². The molecule has 0 atom stereocenters. The van der Waals surface area contributed by atoms with E-state index in [1.807, 2.05) is 82.3 Å². The number of nitrogens with zero attached hydrogens (tertiary/aromatic N) is 2. The fraction of sp³-hybridized carbons (Fsp3) is 0.0625. The van der Waals surface area contributed by atoms with E-state index in [9.17, 15) is 27.6 Å². The van der Waals surface area contributed by atoms with Crippen LogP contribution in [0.15, 0.2) is 169 Å². The Morgan fingerprint density at radius 2 is 0.934 bits per heavy atom. The van der Waals surface area contributed by atoms with Crippen LogP contribution in [0.25, 0.3) is 44.1 Å². The Morgan fingerprint density at radius 3 is 1.36 bits per heavy atom. The number of benzene rings is 6. The van der Waals surface area contributed by atoms with Gasteiger partial charge < -0.3 is 24.7 Å². The number of H-pyrrole nitrogens is 1. The predicted octanol–water partition coefficient (Wildman–Crippen LogP) is 9.86. The van der Waals surface area contributed by atoms with Crippen LogP contribution in [-0.2, 0) is 0 Å². The van der Waals surface area contributed by atoms with Gasteiger partial charge in [-0.1, -0.05) is 23.4 Å². The van der Waals surface area contributed by atoms with E-state index in [-0.39, 0.29) is 66.3 Å². The first-order chi connectivity index (χ1) is 27.9. The number of carbonyl (C=O) groups is 3. The molecule has 0 aliphatic carbocycles. The number of carboxylic acid groups (broad SMARTS) is 1. The fourth-order valence-corrected chi connectivity index (χ4v) is 6.26. The van der Waals surface area contributed by atoms with Crippen LogP contribution in [-0.4, -0.2) is 42.2 Å². The van der Waals surface area contributed by atoms with Crippen molar-refractivity contribution in [1.82, 2.24) is 14.1 Å². The van der Waals surface area contributed by atoms with Gasteiger partial charge in [-0.2, -0.15) is 0 Å². The van der Waals surface area contributed by atoms with Crippen molar-refractivity contribution in [2.75, 3.05) is 0 Å². The number of rotatable bonds is 5. The van der Waals surface area contributed by atoms with Gasteiger partial charge in [-0.05, 0) is 159 Å². The van der Waals surface area contributed by atoms with E-state index >= 15 is 0 Å². The van der Waals surface area contributed by atoms with Gasteiger partial charge in [0, 0.05) is 67.2 Å². The smallest absolute Gasteiger partial charge is 0.870 e. The summed E-state index contributed by atoms with van der Waals surface area (Å²) in [5.74, 6) is -1.52. The van der Waals surface area contributed by atoms with Gasteiger partial charge in [0.25, 0.3) is 0 Å². The maximum atomic E-state index is 12.9. The predicted molar refractivity (Wildman–Crippen MR) is 234 cm³/mol. The number of carbonyl (C=O) groups excluding carboxylic acids is 2. The minimum Gasteiger partial charge on any atom is -0.870 e. The molecule has 3 aromatic heterocycles. The summed E-state index contributed by atoms with van der Waals surface area (Å²) >= 11 is 3.18. The van der Waals surface area contributed by atoms with Gasteiger partial charge in [-0.15, -0.1) is 0 Å². The van der Waals surface area contributed by atoms with Crippen LogP contribution in [0.3, 0.4) is 0 Å². The molecule has 8 nitrogen and oxygen atoms in total. The quantitative estimate of drug-likeness (QED) is 0.132. The van der Waals surface area contributed by atoms with Gasteiger partial charge in [0.2, 0.25) is 0 Å². The summed E-state index contributed by atoms with van der Waals surface area (Å²) in [6.07, 6.45) is 5.62. The van der Waals surface area contributed by atoms with Crippen molar-refractivity contribution in [3.05, 3.63) is 203 Å². The van der Waals surface area contributed by atoms with Gasteiger partial charge in [-0.25, -0.2) is 18.0 Å². The molecule has 6 aromatic carbocycles. The Hall–Kier alpha value is -6.42. The molecular formula is C48H40BrF3LiN3O5. The Morgan fingerprint density at radius 1 is 0.541 bits per heavy atom. The first-order valence-corrected chi connectivity index (χ1v) is 18.6. The maximum Gasteiger partial charge on any atom is 1.00 e. The summed E-state index contributed by atoms with van der Waals surface area (Å²) in [6.45, 7) is 3.13. The van der Waals surface area contributed by atoms with Crippen molar-refractivity contribution < 1.29 is 57.0 Å². The van der Waals surface area contributed by atoms with Crippen molar-refractivity contribution in [2.45, 2.75) is 21.3 Å². The van der Waals surface area contributed by atoms with Crippen molar-refractivity contribution in [2.24, 2.45) is 0 Å². The molecule has 0 radical (unpaired) electrons. The molecule has 0 amide bonds. The topological polar surface area (TPSA) is 127 Å². The summed E-state index contributed by atoms with van der Waals surface area (Å²) in [5, 5.41) is 11.9. The molecule has 3 heterocycles. The number of hydrogen-bond acceptors (Lipinski definition) is 4. The van der Waals surface area contributed by atoms with Crippen LogP contribution in [0.2, 0.25) is 0 Å². The average molecular weight is 883 g/mol. The second-order valence-corrected chi connectivity index (χ2v) is 13.9. The van der Waals surface area contributed by atoms with Crippen LogP contribution in [0.1, 0.15) is 52.3 Å². The Labute approximate surface area is 370 Å². The number of aromatic carboxylic acids is 1. The standard InChI is InChI=1S/C16H12FNO.C15H10FNO2.C10H9NO.C6H4BrF.CH4.Li.H2O/c1-11(19)12-2-7-16-13(10-12)8-9-18(16)15-5-3-14(17)4-6-15;16-12-2-4-13(5-3-12)17-8-7-10-9-11(15(18)19)1-6-14(10)17;1-7(12)8-2-3-10-9(6-8)4-5-11-10;7-5-1-3-6(8)4-2-5;;;/h2-10H,1H3;1-9H,(H,18,19);2-6,11H,1H3;1-4H;1H4;;1H2/q;;;;;+1;/p-1. The molecule has 0 unspecified atom stereocenters. The molecule has 0 aliphatic rings. The number of halogens is 4. The molecule has 0 saturated carbocycles. The fourth-order valence-electron chi connectivity index (χ4n) is 5.99. The second-order valence-electron chi connectivity index (χ2n) is 13.0. The van der Waals surface area contributed by atoms with E-state index in [0.717, 1.165) is 54.1 Å². The molecular weight excluding hydrogens is 842 g/mol. The van der Waals surface area contributed by atoms with Crippen LogP contribution >= 0.6 is 15.9 Å². The van der Waals surface area contributed by atoms with Crippen LogP contribution in [0.4, 0.5) is 13.2 Å². The minimum absolute atomic E-state index is 0. The third kappa shape index (κ3) is 12.5. The van der Waals surface area contributed by atoms with Crippen molar-refractivity contribution >= 4 is 66.2 Å². The van der Waals surface area contributed by atoms with Gasteiger partial charge in [0.1, 0.15) is 17.5 Å². The number of aromatic amines is 1. The third-order valence-electron chi connectivity index (χ3n) is 9.01. The zero-order valence-electron chi connectivity index (χ0n) is 32.6. The molecule has 0 spiro atoms. The van der Waals surface area contributed by atoms with Gasteiger partial charge in [0.05, 0.1) is 16.6 Å². The number of aromatic nitrogens is 3. The summed E-state index contributed by atoms with van der Waals surface area (Å²) < 4.78 is 42.7. The van der Waals surface area contributed by atoms with E-state index in [4.69, 9.17) is 5.11 Å². The number of carboxylic acids is 1. The zero-order valence-corrected chi connectivity index (χ0v) is 34.2. The number of fused-ring (bicyclic) bond motifs is 3. The normalized spacial score (nSPS) is 10.0. The number of Topliss-reactive ketones (excluding diaryl/α,β-unsaturated/α-hetero) is 2. The molecule has 9 rings (SSSR count). The summed E-state index contributed by atoms with van der Waals surface area (Å²) in [7, 11) is 0. The SMILES string of the molecule is C.CC(=O)c1ccc2[nH]ccc2c1.CC(=O)c1ccc2c(ccn2-c2ccc(F)cc2)c1.Fc1ccc(Br)cc1.O=C(O)c1ccc2c(ccn2-c2ccc(F)cc2)c1.[Li+].[OH-]. The first-order valence-electron chi connectivity index (χ1n) is 17.8. The Bertz CT molecular complexity index is 2720. The molecule has 306 valence electrons. The molecule has 0 bridgehead atoms. The van der Waals surface area contributed by atoms with Crippen LogP contribution in [0.5, 0.6) is 0 Å².